The average molecular weight is 416 g/mol. The minimum atomic E-state index is -0.453. The van der Waals surface area contributed by atoms with Gasteiger partial charge in [0.1, 0.15) is 17.3 Å². The molecule has 0 atom stereocenters. The number of hydrogen-bond acceptors (Lipinski definition) is 4. The second-order valence-electron chi connectivity index (χ2n) is 6.95. The molecule has 5 nitrogen and oxygen atoms in total. The van der Waals surface area contributed by atoms with Crippen molar-refractivity contribution in [2.45, 2.75) is 6.92 Å². The molecule has 0 saturated heterocycles. The minimum absolute atomic E-state index is 0.242. The van der Waals surface area contributed by atoms with Crippen molar-refractivity contribution in [3.8, 4) is 5.75 Å². The highest BCUT2D eigenvalue weighted by Crippen LogP contribution is 2.37. The van der Waals surface area contributed by atoms with E-state index in [4.69, 9.17) is 4.74 Å². The first-order valence-electron chi connectivity index (χ1n) is 9.90. The molecular formula is C25H21FN2O3. The Kier molecular flexibility index (Phi) is 5.54. The fraction of sp³-hybridized carbons (Fsp3) is 0.120. The number of amides is 2. The van der Waals surface area contributed by atoms with Crippen LogP contribution in [0.1, 0.15) is 12.5 Å². The van der Waals surface area contributed by atoms with Crippen molar-refractivity contribution in [2.24, 2.45) is 0 Å². The fourth-order valence-corrected chi connectivity index (χ4v) is 3.69. The summed E-state index contributed by atoms with van der Waals surface area (Å²) in [4.78, 5) is 30.1. The fourth-order valence-electron chi connectivity index (χ4n) is 3.69. The lowest BCUT2D eigenvalue weighted by atomic mass is 10.0. The molecule has 0 radical (unpaired) electrons. The largest absolute Gasteiger partial charge is 0.497 e. The van der Waals surface area contributed by atoms with Gasteiger partial charge in [0.05, 0.1) is 18.4 Å². The third-order valence-electron chi connectivity index (χ3n) is 5.18. The summed E-state index contributed by atoms with van der Waals surface area (Å²) in [6.45, 7) is 2.38. The number of imide groups is 1. The number of methoxy groups -OCH3 is 1. The van der Waals surface area contributed by atoms with E-state index in [2.05, 4.69) is 0 Å². The number of halogens is 1. The molecule has 3 aromatic rings. The van der Waals surface area contributed by atoms with Crippen molar-refractivity contribution < 1.29 is 18.7 Å². The lowest BCUT2D eigenvalue weighted by Gasteiger charge is -2.25. The van der Waals surface area contributed by atoms with Crippen LogP contribution in [0.3, 0.4) is 0 Å². The Morgan fingerprint density at radius 2 is 1.52 bits per heavy atom. The Labute approximate surface area is 180 Å². The summed E-state index contributed by atoms with van der Waals surface area (Å²) in [6.07, 6.45) is 0. The topological polar surface area (TPSA) is 49.9 Å². The summed E-state index contributed by atoms with van der Waals surface area (Å²) < 4.78 is 18.7. The third-order valence-corrected chi connectivity index (χ3v) is 5.18. The normalized spacial score (nSPS) is 13.7. The lowest BCUT2D eigenvalue weighted by molar-refractivity contribution is -0.120. The first-order valence-corrected chi connectivity index (χ1v) is 9.90. The van der Waals surface area contributed by atoms with Gasteiger partial charge in [0.25, 0.3) is 11.8 Å². The number of rotatable bonds is 6. The van der Waals surface area contributed by atoms with Crippen LogP contribution < -0.4 is 14.5 Å². The molecule has 0 fully saturated rings. The van der Waals surface area contributed by atoms with Crippen LogP contribution in [0.25, 0.3) is 5.57 Å². The zero-order chi connectivity index (χ0) is 22.0. The first-order chi connectivity index (χ1) is 15.0. The van der Waals surface area contributed by atoms with Crippen LogP contribution in [0.2, 0.25) is 0 Å². The zero-order valence-electron chi connectivity index (χ0n) is 17.2. The van der Waals surface area contributed by atoms with Crippen LogP contribution >= 0.6 is 0 Å². The van der Waals surface area contributed by atoms with Crippen LogP contribution in [0.5, 0.6) is 5.75 Å². The highest BCUT2D eigenvalue weighted by atomic mass is 19.1. The van der Waals surface area contributed by atoms with Crippen molar-refractivity contribution in [1.82, 2.24) is 0 Å². The Hall–Kier alpha value is -3.93. The maximum Gasteiger partial charge on any atom is 0.282 e. The summed E-state index contributed by atoms with van der Waals surface area (Å²) in [5.41, 5.74) is 2.22. The van der Waals surface area contributed by atoms with Crippen molar-refractivity contribution in [1.29, 1.82) is 0 Å². The third kappa shape index (κ3) is 3.68. The number of likely N-dealkylation sites (N-methyl/N-ethyl adjacent to an activating group) is 1. The molecule has 1 heterocycles. The van der Waals surface area contributed by atoms with Gasteiger partial charge >= 0.3 is 0 Å². The molecule has 31 heavy (non-hydrogen) atoms. The smallest absolute Gasteiger partial charge is 0.282 e. The molecular weight excluding hydrogens is 395 g/mol. The number of ether oxygens (including phenoxy) is 1. The second kappa shape index (κ2) is 8.44. The van der Waals surface area contributed by atoms with Gasteiger partial charge in [0, 0.05) is 12.2 Å². The summed E-state index contributed by atoms with van der Waals surface area (Å²) >= 11 is 0. The van der Waals surface area contributed by atoms with Gasteiger partial charge in [0.2, 0.25) is 0 Å². The number of carbonyl (C=O) groups excluding carboxylic acids is 2. The van der Waals surface area contributed by atoms with E-state index in [1.54, 1.807) is 31.4 Å². The SMILES string of the molecule is CCN(C1=C(c2ccc(F)cc2)C(=O)N(c2ccc(OC)cc2)C1=O)c1ccccc1. The molecule has 1 aliphatic rings. The van der Waals surface area contributed by atoms with E-state index in [-0.39, 0.29) is 11.3 Å². The number of benzene rings is 3. The monoisotopic (exact) mass is 416 g/mol. The van der Waals surface area contributed by atoms with E-state index in [0.717, 1.165) is 10.6 Å². The zero-order valence-corrected chi connectivity index (χ0v) is 17.2. The van der Waals surface area contributed by atoms with Crippen molar-refractivity contribution in [3.05, 3.63) is 95.9 Å². The van der Waals surface area contributed by atoms with Gasteiger partial charge in [-0.3, -0.25) is 9.59 Å². The summed E-state index contributed by atoms with van der Waals surface area (Å²) in [6, 6.07) is 21.7. The van der Waals surface area contributed by atoms with Gasteiger partial charge in [0.15, 0.2) is 0 Å². The van der Waals surface area contributed by atoms with Crippen LogP contribution in [0.4, 0.5) is 15.8 Å². The number of para-hydroxylation sites is 1. The molecule has 6 heteroatoms. The molecule has 0 aromatic heterocycles. The van der Waals surface area contributed by atoms with E-state index in [0.29, 0.717) is 23.5 Å². The summed E-state index contributed by atoms with van der Waals surface area (Å²) in [5, 5.41) is 0. The Morgan fingerprint density at radius 1 is 0.871 bits per heavy atom. The molecule has 3 aromatic carbocycles. The number of hydrogen-bond donors (Lipinski definition) is 0. The van der Waals surface area contributed by atoms with Gasteiger partial charge in [-0.05, 0) is 61.0 Å². The van der Waals surface area contributed by atoms with Crippen LogP contribution in [-0.4, -0.2) is 25.5 Å². The lowest BCUT2D eigenvalue weighted by Crippen LogP contribution is -2.35. The molecule has 2 amide bonds. The van der Waals surface area contributed by atoms with Crippen LogP contribution in [0, 0.1) is 5.82 Å². The average Bonchev–Trinajstić information content (AvgIpc) is 3.06. The van der Waals surface area contributed by atoms with Gasteiger partial charge in [-0.1, -0.05) is 30.3 Å². The summed E-state index contributed by atoms with van der Waals surface area (Å²) in [7, 11) is 1.55. The van der Waals surface area contributed by atoms with Gasteiger partial charge in [-0.25, -0.2) is 9.29 Å². The van der Waals surface area contributed by atoms with Gasteiger partial charge < -0.3 is 9.64 Å². The highest BCUT2D eigenvalue weighted by Gasteiger charge is 2.42. The first kappa shape index (κ1) is 20.3. The molecule has 0 N–H and O–H groups in total. The van der Waals surface area contributed by atoms with E-state index in [1.807, 2.05) is 42.2 Å². The van der Waals surface area contributed by atoms with Crippen LogP contribution in [0.15, 0.2) is 84.6 Å². The molecule has 4 rings (SSSR count). The molecule has 0 saturated carbocycles. The molecule has 0 bridgehead atoms. The molecule has 1 aliphatic heterocycles. The number of nitrogens with zero attached hydrogens (tertiary/aromatic N) is 2. The maximum atomic E-state index is 13.6. The van der Waals surface area contributed by atoms with Crippen molar-refractivity contribution >= 4 is 28.8 Å². The Morgan fingerprint density at radius 3 is 2.10 bits per heavy atom. The second-order valence-corrected chi connectivity index (χ2v) is 6.95. The van der Waals surface area contributed by atoms with E-state index in [9.17, 15) is 14.0 Å². The van der Waals surface area contributed by atoms with E-state index >= 15 is 0 Å². The predicted molar refractivity (Wildman–Crippen MR) is 118 cm³/mol. The van der Waals surface area contributed by atoms with Crippen molar-refractivity contribution in [2.75, 3.05) is 23.5 Å². The van der Waals surface area contributed by atoms with Gasteiger partial charge in [-0.15, -0.1) is 0 Å². The molecule has 0 spiro atoms. The minimum Gasteiger partial charge on any atom is -0.497 e. The highest BCUT2D eigenvalue weighted by molar-refractivity contribution is 6.46. The van der Waals surface area contributed by atoms with E-state index < -0.39 is 17.6 Å². The maximum absolute atomic E-state index is 13.6. The quantitative estimate of drug-likeness (QED) is 0.549. The number of carbonyl (C=O) groups is 2. The Bertz CT molecular complexity index is 1140. The summed E-state index contributed by atoms with van der Waals surface area (Å²) in [5.74, 6) is -0.675. The molecule has 156 valence electrons. The van der Waals surface area contributed by atoms with Gasteiger partial charge in [-0.2, -0.15) is 0 Å². The predicted octanol–water partition coefficient (Wildman–Crippen LogP) is 4.65. The Balaban J connectivity index is 1.87. The molecule has 0 unspecified atom stereocenters. The van der Waals surface area contributed by atoms with Crippen LogP contribution in [-0.2, 0) is 9.59 Å². The van der Waals surface area contributed by atoms with Crippen molar-refractivity contribution in [3.63, 3.8) is 0 Å². The molecule has 0 aliphatic carbocycles. The number of anilines is 2. The standard InChI is InChI=1S/C25H21FN2O3/c1-3-27(19-7-5-4-6-8-19)23-22(17-9-11-18(26)12-10-17)24(29)28(25(23)30)20-13-15-21(31-2)16-14-20/h4-16H,3H2,1-2H3. The van der Waals surface area contributed by atoms with E-state index in [1.165, 1.54) is 24.3 Å².